The lowest BCUT2D eigenvalue weighted by molar-refractivity contribution is 0.0804. The number of hydrogen-bond donors (Lipinski definition) is 2. The zero-order chi connectivity index (χ0) is 20.7. The average molecular weight is 388 g/mol. The van der Waals surface area contributed by atoms with Crippen LogP contribution >= 0.6 is 0 Å². The lowest BCUT2D eigenvalue weighted by Crippen LogP contribution is -2.46. The van der Waals surface area contributed by atoms with Crippen molar-refractivity contribution >= 4 is 5.91 Å². The first kappa shape index (κ1) is 20.8. The van der Waals surface area contributed by atoms with Gasteiger partial charge >= 0.3 is 0 Å². The van der Waals surface area contributed by atoms with Crippen LogP contribution < -0.4 is 5.32 Å². The maximum atomic E-state index is 12.7. The molecule has 0 radical (unpaired) electrons. The van der Waals surface area contributed by atoms with Gasteiger partial charge in [-0.15, -0.1) is 0 Å². The van der Waals surface area contributed by atoms with Gasteiger partial charge in [0.2, 0.25) is 0 Å². The zero-order valence-electron chi connectivity index (χ0n) is 17.1. The second-order valence-electron chi connectivity index (χ2n) is 7.57. The van der Waals surface area contributed by atoms with Crippen molar-refractivity contribution in [3.05, 3.63) is 108 Å². The highest BCUT2D eigenvalue weighted by atomic mass is 16.3. The van der Waals surface area contributed by atoms with Crippen molar-refractivity contribution in [1.82, 2.24) is 5.32 Å². The fraction of sp³-hybridized carbons (Fsp3) is 0.269. The maximum absolute atomic E-state index is 12.7. The Bertz CT molecular complexity index is 854. The van der Waals surface area contributed by atoms with E-state index in [2.05, 4.69) is 29.6 Å². The molecule has 0 aliphatic rings. The average Bonchev–Trinajstić information content (AvgIpc) is 2.78. The normalized spacial score (nSPS) is 13.5. The largest absolute Gasteiger partial charge is 0.392 e. The molecule has 0 saturated heterocycles. The maximum Gasteiger partial charge on any atom is 0.251 e. The third kappa shape index (κ3) is 4.57. The van der Waals surface area contributed by atoms with Gasteiger partial charge in [-0.2, -0.15) is 0 Å². The Morgan fingerprint density at radius 1 is 0.862 bits per heavy atom. The summed E-state index contributed by atoms with van der Waals surface area (Å²) in [7, 11) is 0. The van der Waals surface area contributed by atoms with Crippen molar-refractivity contribution in [1.29, 1.82) is 0 Å². The SMILES string of the molecule is CC[C@@H](O)C(C[C@@H](C)NC(=O)c1ccccc1)(c1ccccc1)c1ccccc1. The fourth-order valence-electron chi connectivity index (χ4n) is 4.17. The highest BCUT2D eigenvalue weighted by Crippen LogP contribution is 2.41. The van der Waals surface area contributed by atoms with E-state index in [1.54, 1.807) is 0 Å². The van der Waals surface area contributed by atoms with Gasteiger partial charge < -0.3 is 10.4 Å². The summed E-state index contributed by atoms with van der Waals surface area (Å²) in [5.74, 6) is -0.0980. The molecule has 0 aliphatic carbocycles. The predicted molar refractivity (Wildman–Crippen MR) is 118 cm³/mol. The number of carbonyl (C=O) groups is 1. The summed E-state index contributed by atoms with van der Waals surface area (Å²) in [5.41, 5.74) is 2.14. The Labute approximate surface area is 173 Å². The van der Waals surface area contributed by atoms with Crippen molar-refractivity contribution in [3.63, 3.8) is 0 Å². The van der Waals surface area contributed by atoms with E-state index < -0.39 is 11.5 Å². The van der Waals surface area contributed by atoms with E-state index in [9.17, 15) is 9.90 Å². The van der Waals surface area contributed by atoms with Crippen molar-refractivity contribution in [2.45, 2.75) is 44.2 Å². The number of nitrogens with one attached hydrogen (secondary N) is 1. The van der Waals surface area contributed by atoms with Gasteiger partial charge in [-0.1, -0.05) is 85.8 Å². The van der Waals surface area contributed by atoms with Gasteiger partial charge in [0.15, 0.2) is 0 Å². The predicted octanol–water partition coefficient (Wildman–Crippen LogP) is 4.95. The minimum atomic E-state index is -0.610. The molecule has 0 unspecified atom stereocenters. The first-order chi connectivity index (χ1) is 14.1. The molecule has 1 amide bonds. The molecule has 2 N–H and O–H groups in total. The molecule has 0 heterocycles. The van der Waals surface area contributed by atoms with E-state index in [0.717, 1.165) is 11.1 Å². The summed E-state index contributed by atoms with van der Waals surface area (Å²) in [6.07, 6.45) is 0.626. The number of rotatable bonds is 8. The summed E-state index contributed by atoms with van der Waals surface area (Å²) in [5, 5.41) is 14.4. The van der Waals surface area contributed by atoms with E-state index in [1.165, 1.54) is 0 Å². The topological polar surface area (TPSA) is 49.3 Å². The molecule has 0 bridgehead atoms. The molecule has 0 aromatic heterocycles. The Hall–Kier alpha value is -2.91. The lowest BCUT2D eigenvalue weighted by atomic mass is 9.66. The van der Waals surface area contributed by atoms with Crippen molar-refractivity contribution < 1.29 is 9.90 Å². The quantitative estimate of drug-likeness (QED) is 0.574. The number of amides is 1. The van der Waals surface area contributed by atoms with Crippen LogP contribution in [0.2, 0.25) is 0 Å². The van der Waals surface area contributed by atoms with Gasteiger partial charge in [0.25, 0.3) is 5.91 Å². The minimum absolute atomic E-state index is 0.0980. The second-order valence-corrected chi connectivity index (χ2v) is 7.57. The highest BCUT2D eigenvalue weighted by Gasteiger charge is 2.41. The van der Waals surface area contributed by atoms with E-state index in [0.29, 0.717) is 18.4 Å². The molecule has 0 aliphatic heterocycles. The summed E-state index contributed by atoms with van der Waals surface area (Å²) < 4.78 is 0. The van der Waals surface area contributed by atoms with Crippen LogP contribution in [-0.4, -0.2) is 23.2 Å². The molecule has 2 atom stereocenters. The van der Waals surface area contributed by atoms with Gasteiger partial charge in [0.05, 0.1) is 6.10 Å². The Morgan fingerprint density at radius 2 is 1.31 bits per heavy atom. The molecular formula is C26H29NO2. The van der Waals surface area contributed by atoms with Crippen LogP contribution in [-0.2, 0) is 5.41 Å². The van der Waals surface area contributed by atoms with Gasteiger partial charge in [-0.25, -0.2) is 0 Å². The summed E-state index contributed by atoms with van der Waals surface area (Å²) in [6, 6.07) is 29.3. The molecule has 3 aromatic carbocycles. The zero-order valence-corrected chi connectivity index (χ0v) is 17.1. The first-order valence-electron chi connectivity index (χ1n) is 10.2. The summed E-state index contributed by atoms with van der Waals surface area (Å²) >= 11 is 0. The second kappa shape index (κ2) is 9.53. The van der Waals surface area contributed by atoms with Crippen molar-refractivity contribution in [2.24, 2.45) is 0 Å². The van der Waals surface area contributed by atoms with Gasteiger partial charge in [-0.05, 0) is 43.0 Å². The molecule has 3 heteroatoms. The number of aliphatic hydroxyl groups excluding tert-OH is 1. The van der Waals surface area contributed by atoms with Gasteiger partial charge in [-0.3, -0.25) is 4.79 Å². The highest BCUT2D eigenvalue weighted by molar-refractivity contribution is 5.94. The van der Waals surface area contributed by atoms with Crippen LogP contribution in [0, 0.1) is 0 Å². The number of benzene rings is 3. The van der Waals surface area contributed by atoms with E-state index in [-0.39, 0.29) is 11.9 Å². The molecule has 3 rings (SSSR count). The lowest BCUT2D eigenvalue weighted by Gasteiger charge is -2.41. The Morgan fingerprint density at radius 3 is 1.76 bits per heavy atom. The molecule has 0 saturated carbocycles. The third-order valence-electron chi connectivity index (χ3n) is 5.58. The molecule has 29 heavy (non-hydrogen) atoms. The van der Waals surface area contributed by atoms with Crippen LogP contribution in [0.3, 0.4) is 0 Å². The number of carbonyl (C=O) groups excluding carboxylic acids is 1. The Kier molecular flexibility index (Phi) is 6.84. The molecular weight excluding hydrogens is 358 g/mol. The van der Waals surface area contributed by atoms with Crippen LogP contribution in [0.5, 0.6) is 0 Å². The van der Waals surface area contributed by atoms with Crippen molar-refractivity contribution in [2.75, 3.05) is 0 Å². The van der Waals surface area contributed by atoms with Crippen LogP contribution in [0.15, 0.2) is 91.0 Å². The fourth-order valence-corrected chi connectivity index (χ4v) is 4.17. The van der Waals surface area contributed by atoms with Crippen LogP contribution in [0.1, 0.15) is 48.2 Å². The Balaban J connectivity index is 1.98. The van der Waals surface area contributed by atoms with Gasteiger partial charge in [0.1, 0.15) is 0 Å². The minimum Gasteiger partial charge on any atom is -0.392 e. The summed E-state index contributed by atoms with van der Waals surface area (Å²) in [4.78, 5) is 12.7. The number of aliphatic hydroxyl groups is 1. The van der Waals surface area contributed by atoms with E-state index in [1.807, 2.05) is 80.6 Å². The molecule has 3 aromatic rings. The molecule has 150 valence electrons. The van der Waals surface area contributed by atoms with Crippen LogP contribution in [0.25, 0.3) is 0 Å². The molecule has 0 spiro atoms. The molecule has 0 fully saturated rings. The standard InChI is InChI=1S/C26H29NO2/c1-3-24(28)26(22-15-9-5-10-16-22,23-17-11-6-12-18-23)19-20(2)27-25(29)21-13-7-4-8-14-21/h4-18,20,24,28H,3,19H2,1-2H3,(H,27,29)/t20-,24-/m1/s1. The van der Waals surface area contributed by atoms with Gasteiger partial charge in [0, 0.05) is 17.0 Å². The first-order valence-corrected chi connectivity index (χ1v) is 10.2. The van der Waals surface area contributed by atoms with Crippen molar-refractivity contribution in [3.8, 4) is 0 Å². The monoisotopic (exact) mass is 387 g/mol. The third-order valence-corrected chi connectivity index (χ3v) is 5.58. The molecule has 3 nitrogen and oxygen atoms in total. The van der Waals surface area contributed by atoms with E-state index >= 15 is 0 Å². The van der Waals surface area contributed by atoms with Crippen LogP contribution in [0.4, 0.5) is 0 Å². The summed E-state index contributed by atoms with van der Waals surface area (Å²) in [6.45, 7) is 4.00. The van der Waals surface area contributed by atoms with E-state index in [4.69, 9.17) is 0 Å². The smallest absolute Gasteiger partial charge is 0.251 e. The number of hydrogen-bond acceptors (Lipinski definition) is 2.